The molecule has 0 aliphatic heterocycles. The van der Waals surface area contributed by atoms with E-state index in [-0.39, 0.29) is 5.91 Å². The van der Waals surface area contributed by atoms with Crippen molar-refractivity contribution in [2.24, 2.45) is 5.73 Å². The summed E-state index contributed by atoms with van der Waals surface area (Å²) < 4.78 is 0. The minimum absolute atomic E-state index is 0.104. The lowest BCUT2D eigenvalue weighted by atomic mass is 10.1. The van der Waals surface area contributed by atoms with Crippen LogP contribution in [0, 0.1) is 11.3 Å². The van der Waals surface area contributed by atoms with Gasteiger partial charge in [0.1, 0.15) is 0 Å². The minimum atomic E-state index is -0.462. The first kappa shape index (κ1) is 15.2. The van der Waals surface area contributed by atoms with Crippen molar-refractivity contribution in [3.63, 3.8) is 0 Å². The van der Waals surface area contributed by atoms with Crippen LogP contribution < -0.4 is 11.1 Å². The molecule has 0 saturated heterocycles. The number of nitrogens with one attached hydrogen (secondary N) is 1. The normalized spacial score (nSPS) is 11.6. The summed E-state index contributed by atoms with van der Waals surface area (Å²) >= 11 is 0. The summed E-state index contributed by atoms with van der Waals surface area (Å²) in [6.07, 6.45) is 3.63. The van der Waals surface area contributed by atoms with E-state index >= 15 is 0 Å². The van der Waals surface area contributed by atoms with Crippen LogP contribution >= 0.6 is 0 Å². The third-order valence-corrected chi connectivity index (χ3v) is 2.94. The molecule has 1 rings (SSSR count). The van der Waals surface area contributed by atoms with Gasteiger partial charge in [-0.05, 0) is 31.2 Å². The molecule has 0 bridgehead atoms. The van der Waals surface area contributed by atoms with E-state index in [1.165, 1.54) is 5.56 Å². The van der Waals surface area contributed by atoms with Crippen LogP contribution in [-0.4, -0.2) is 18.5 Å². The Morgan fingerprint density at radius 1 is 1.32 bits per heavy atom. The van der Waals surface area contributed by atoms with Crippen molar-refractivity contribution in [1.29, 1.82) is 5.26 Å². The van der Waals surface area contributed by atoms with Crippen LogP contribution in [0.3, 0.4) is 0 Å². The first-order valence-electron chi connectivity index (χ1n) is 6.68. The molecule has 1 amide bonds. The number of nitrogens with zero attached hydrogens (tertiary/aromatic N) is 1. The number of rotatable bonds is 8. The lowest BCUT2D eigenvalue weighted by Crippen LogP contribution is -2.41. The molecule has 1 atom stereocenters. The second-order valence-electron chi connectivity index (χ2n) is 4.54. The molecule has 1 aromatic carbocycles. The van der Waals surface area contributed by atoms with Crippen molar-refractivity contribution in [2.75, 3.05) is 6.54 Å². The first-order chi connectivity index (χ1) is 9.24. The SMILES string of the molecule is N#CCCCCNC(=O)[C@@H](N)CCc1ccccc1. The molecule has 0 spiro atoms. The summed E-state index contributed by atoms with van der Waals surface area (Å²) in [4.78, 5) is 11.7. The molecule has 3 N–H and O–H groups in total. The quantitative estimate of drug-likeness (QED) is 0.698. The molecule has 0 unspecified atom stereocenters. The second kappa shape index (κ2) is 9.12. The smallest absolute Gasteiger partial charge is 0.236 e. The fourth-order valence-electron chi connectivity index (χ4n) is 1.77. The predicted octanol–water partition coefficient (Wildman–Crippen LogP) is 1.76. The maximum absolute atomic E-state index is 11.7. The van der Waals surface area contributed by atoms with Gasteiger partial charge < -0.3 is 11.1 Å². The number of hydrogen-bond acceptors (Lipinski definition) is 3. The molecule has 0 saturated carbocycles. The lowest BCUT2D eigenvalue weighted by Gasteiger charge is -2.12. The van der Waals surface area contributed by atoms with Gasteiger partial charge in [0.2, 0.25) is 5.91 Å². The van der Waals surface area contributed by atoms with Gasteiger partial charge in [-0.1, -0.05) is 30.3 Å². The van der Waals surface area contributed by atoms with Crippen molar-refractivity contribution >= 4 is 5.91 Å². The fourth-order valence-corrected chi connectivity index (χ4v) is 1.77. The van der Waals surface area contributed by atoms with Crippen molar-refractivity contribution < 1.29 is 4.79 Å². The van der Waals surface area contributed by atoms with Crippen LogP contribution in [0.25, 0.3) is 0 Å². The summed E-state index contributed by atoms with van der Waals surface area (Å²) in [5, 5.41) is 11.2. The first-order valence-corrected chi connectivity index (χ1v) is 6.68. The highest BCUT2D eigenvalue weighted by Crippen LogP contribution is 2.04. The average Bonchev–Trinajstić information content (AvgIpc) is 2.45. The Hall–Kier alpha value is -1.86. The van der Waals surface area contributed by atoms with E-state index in [9.17, 15) is 4.79 Å². The molecular formula is C15H21N3O. The number of nitrogens with two attached hydrogens (primary N) is 1. The molecule has 4 heteroatoms. The van der Waals surface area contributed by atoms with Gasteiger partial charge >= 0.3 is 0 Å². The van der Waals surface area contributed by atoms with E-state index in [2.05, 4.69) is 11.4 Å². The van der Waals surface area contributed by atoms with Gasteiger partial charge in [-0.15, -0.1) is 0 Å². The fraction of sp³-hybridized carbons (Fsp3) is 0.467. The third kappa shape index (κ3) is 6.58. The van der Waals surface area contributed by atoms with Crippen LogP contribution in [0.1, 0.15) is 31.2 Å². The van der Waals surface area contributed by atoms with Crippen LogP contribution in [0.5, 0.6) is 0 Å². The van der Waals surface area contributed by atoms with E-state index in [1.807, 2.05) is 30.3 Å². The number of unbranched alkanes of at least 4 members (excludes halogenated alkanes) is 2. The maximum atomic E-state index is 11.7. The lowest BCUT2D eigenvalue weighted by molar-refractivity contribution is -0.122. The second-order valence-corrected chi connectivity index (χ2v) is 4.54. The van der Waals surface area contributed by atoms with Gasteiger partial charge in [0, 0.05) is 13.0 Å². The van der Waals surface area contributed by atoms with Crippen LogP contribution in [0.15, 0.2) is 30.3 Å². The standard InChI is InChI=1S/C15H21N3O/c16-11-5-2-6-12-18-15(19)14(17)10-9-13-7-3-1-4-8-13/h1,3-4,7-8,14H,2,5-6,9-10,12,17H2,(H,18,19)/t14-/m0/s1. The van der Waals surface area contributed by atoms with E-state index in [0.29, 0.717) is 19.4 Å². The Kier molecular flexibility index (Phi) is 7.30. The molecule has 1 aromatic rings. The largest absolute Gasteiger partial charge is 0.355 e. The Morgan fingerprint density at radius 2 is 2.05 bits per heavy atom. The Balaban J connectivity index is 2.16. The monoisotopic (exact) mass is 259 g/mol. The van der Waals surface area contributed by atoms with Crippen molar-refractivity contribution in [3.8, 4) is 6.07 Å². The third-order valence-electron chi connectivity index (χ3n) is 2.94. The number of hydrogen-bond donors (Lipinski definition) is 2. The number of carbonyl (C=O) groups excluding carboxylic acids is 1. The minimum Gasteiger partial charge on any atom is -0.355 e. The predicted molar refractivity (Wildman–Crippen MR) is 75.2 cm³/mol. The van der Waals surface area contributed by atoms with Gasteiger partial charge in [-0.25, -0.2) is 0 Å². The number of nitriles is 1. The number of carbonyl (C=O) groups is 1. The van der Waals surface area contributed by atoms with E-state index < -0.39 is 6.04 Å². The van der Waals surface area contributed by atoms with Crippen molar-refractivity contribution in [2.45, 2.75) is 38.1 Å². The van der Waals surface area contributed by atoms with Gasteiger partial charge in [0.25, 0.3) is 0 Å². The Morgan fingerprint density at radius 3 is 2.74 bits per heavy atom. The highest BCUT2D eigenvalue weighted by atomic mass is 16.2. The van der Waals surface area contributed by atoms with Gasteiger partial charge in [0.15, 0.2) is 0 Å². The van der Waals surface area contributed by atoms with Crippen molar-refractivity contribution in [1.82, 2.24) is 5.32 Å². The van der Waals surface area contributed by atoms with Crippen LogP contribution in [-0.2, 0) is 11.2 Å². The maximum Gasteiger partial charge on any atom is 0.236 e. The molecule has 0 aliphatic carbocycles. The van der Waals surface area contributed by atoms with Crippen LogP contribution in [0.4, 0.5) is 0 Å². The summed E-state index contributed by atoms with van der Waals surface area (Å²) in [5.41, 5.74) is 7.04. The molecule has 0 aliphatic rings. The zero-order valence-corrected chi connectivity index (χ0v) is 11.1. The molecule has 0 heterocycles. The summed E-state index contributed by atoms with van der Waals surface area (Å²) in [6, 6.07) is 11.6. The number of benzene rings is 1. The highest BCUT2D eigenvalue weighted by Gasteiger charge is 2.12. The molecule has 0 aromatic heterocycles. The van der Waals surface area contributed by atoms with Gasteiger partial charge in [-0.2, -0.15) is 5.26 Å². The molecule has 4 nitrogen and oxygen atoms in total. The van der Waals surface area contributed by atoms with Crippen LogP contribution in [0.2, 0.25) is 0 Å². The Bertz CT molecular complexity index is 411. The van der Waals surface area contributed by atoms with Gasteiger partial charge in [0.05, 0.1) is 12.1 Å². The summed E-state index contributed by atoms with van der Waals surface area (Å²) in [6.45, 7) is 0.597. The van der Waals surface area contributed by atoms with E-state index in [0.717, 1.165) is 19.3 Å². The highest BCUT2D eigenvalue weighted by molar-refractivity contribution is 5.81. The molecular weight excluding hydrogens is 238 g/mol. The number of amides is 1. The van der Waals surface area contributed by atoms with E-state index in [1.54, 1.807) is 0 Å². The Labute approximate surface area is 114 Å². The molecule has 19 heavy (non-hydrogen) atoms. The zero-order chi connectivity index (χ0) is 13.9. The average molecular weight is 259 g/mol. The molecule has 0 radical (unpaired) electrons. The summed E-state index contributed by atoms with van der Waals surface area (Å²) in [7, 11) is 0. The van der Waals surface area contributed by atoms with Gasteiger partial charge in [-0.3, -0.25) is 4.79 Å². The molecule has 0 fully saturated rings. The zero-order valence-electron chi connectivity index (χ0n) is 11.1. The topological polar surface area (TPSA) is 78.9 Å². The van der Waals surface area contributed by atoms with E-state index in [4.69, 9.17) is 11.0 Å². The summed E-state index contributed by atoms with van der Waals surface area (Å²) in [5.74, 6) is -0.104. The number of aryl methyl sites for hydroxylation is 1. The molecule has 102 valence electrons. The van der Waals surface area contributed by atoms with Crippen molar-refractivity contribution in [3.05, 3.63) is 35.9 Å².